The fourth-order valence-electron chi connectivity index (χ4n) is 2.13. The van der Waals surface area contributed by atoms with Crippen molar-refractivity contribution in [3.63, 3.8) is 0 Å². The molecular formula is C15H17BrO3S. The average molecular weight is 357 g/mol. The molecule has 0 saturated carbocycles. The van der Waals surface area contributed by atoms with Crippen molar-refractivity contribution in [1.82, 2.24) is 0 Å². The molecule has 0 amide bonds. The lowest BCUT2D eigenvalue weighted by molar-refractivity contribution is -0.117. The normalized spacial score (nSPS) is 31.3. The molecule has 20 heavy (non-hydrogen) atoms. The first-order chi connectivity index (χ1) is 9.33. The molecule has 0 saturated heterocycles. The van der Waals surface area contributed by atoms with Crippen LogP contribution in [0.4, 0.5) is 0 Å². The highest BCUT2D eigenvalue weighted by Gasteiger charge is 2.42. The molecule has 0 spiro atoms. The van der Waals surface area contributed by atoms with Crippen molar-refractivity contribution in [2.45, 2.75) is 29.2 Å². The van der Waals surface area contributed by atoms with E-state index in [1.165, 1.54) is 12.2 Å². The van der Waals surface area contributed by atoms with Crippen molar-refractivity contribution in [2.75, 3.05) is 5.75 Å². The van der Waals surface area contributed by atoms with Crippen LogP contribution in [0.2, 0.25) is 0 Å². The van der Waals surface area contributed by atoms with Crippen LogP contribution in [0.25, 0.3) is 0 Å². The summed E-state index contributed by atoms with van der Waals surface area (Å²) in [7, 11) is -1.31. The molecule has 1 N–H and O–H groups in total. The van der Waals surface area contributed by atoms with Gasteiger partial charge in [0.05, 0.1) is 27.0 Å². The summed E-state index contributed by atoms with van der Waals surface area (Å²) in [6.45, 7) is 3.75. The lowest BCUT2D eigenvalue weighted by Gasteiger charge is -2.36. The zero-order chi connectivity index (χ0) is 14.9. The first-order valence-corrected chi connectivity index (χ1v) is 8.61. The fourth-order valence-corrected chi connectivity index (χ4v) is 4.13. The molecule has 5 heteroatoms. The quantitative estimate of drug-likeness (QED) is 0.845. The van der Waals surface area contributed by atoms with Crippen LogP contribution in [0.15, 0.2) is 41.3 Å². The van der Waals surface area contributed by atoms with Crippen LogP contribution in [0.3, 0.4) is 0 Å². The summed E-state index contributed by atoms with van der Waals surface area (Å²) in [6.07, 6.45) is 2.84. The molecule has 0 aliphatic heterocycles. The Kier molecular flexibility index (Phi) is 4.62. The maximum absolute atomic E-state index is 12.4. The smallest absolute Gasteiger partial charge is 0.169 e. The predicted molar refractivity (Wildman–Crippen MR) is 83.4 cm³/mol. The molecule has 0 heterocycles. The van der Waals surface area contributed by atoms with Gasteiger partial charge in [0.2, 0.25) is 0 Å². The predicted octanol–water partition coefficient (Wildman–Crippen LogP) is 2.37. The second-order valence-electron chi connectivity index (χ2n) is 5.22. The molecule has 2 rings (SSSR count). The van der Waals surface area contributed by atoms with Crippen LogP contribution in [0.1, 0.15) is 12.5 Å². The lowest BCUT2D eigenvalue weighted by Crippen LogP contribution is -2.48. The number of hydrogen-bond donors (Lipinski definition) is 1. The zero-order valence-corrected chi connectivity index (χ0v) is 13.8. The first kappa shape index (κ1) is 15.6. The molecular weight excluding hydrogens is 340 g/mol. The van der Waals surface area contributed by atoms with Gasteiger partial charge in [0.15, 0.2) is 5.78 Å². The van der Waals surface area contributed by atoms with Gasteiger partial charge in [0.1, 0.15) is 0 Å². The molecule has 1 aromatic rings. The number of halogens is 1. The molecule has 1 aliphatic rings. The third-order valence-electron chi connectivity index (χ3n) is 3.68. The number of ketones is 1. The highest BCUT2D eigenvalue weighted by molar-refractivity contribution is 9.10. The van der Waals surface area contributed by atoms with Gasteiger partial charge in [-0.1, -0.05) is 40.5 Å². The molecule has 2 unspecified atom stereocenters. The van der Waals surface area contributed by atoms with E-state index in [0.29, 0.717) is 4.90 Å². The van der Waals surface area contributed by atoms with E-state index in [0.717, 1.165) is 5.56 Å². The Labute approximate surface area is 129 Å². The third kappa shape index (κ3) is 3.10. The monoisotopic (exact) mass is 356 g/mol. The van der Waals surface area contributed by atoms with Gasteiger partial charge in [-0.05, 0) is 31.2 Å². The van der Waals surface area contributed by atoms with Crippen LogP contribution >= 0.6 is 15.9 Å². The van der Waals surface area contributed by atoms with Crippen molar-refractivity contribution in [3.05, 3.63) is 42.0 Å². The van der Waals surface area contributed by atoms with E-state index >= 15 is 0 Å². The van der Waals surface area contributed by atoms with Gasteiger partial charge in [-0.3, -0.25) is 9.00 Å². The molecule has 0 bridgehead atoms. The largest absolute Gasteiger partial charge is 0.384 e. The number of aliphatic hydroxyl groups is 1. The summed E-state index contributed by atoms with van der Waals surface area (Å²) in [5.74, 6) is -0.305. The van der Waals surface area contributed by atoms with Crippen molar-refractivity contribution < 1.29 is 14.1 Å². The van der Waals surface area contributed by atoms with Crippen molar-refractivity contribution in [2.24, 2.45) is 5.92 Å². The average Bonchev–Trinajstić information content (AvgIpc) is 2.42. The van der Waals surface area contributed by atoms with Crippen LogP contribution in [0, 0.1) is 12.8 Å². The SMILES string of the molecule is Cc1ccc(S(=O)C[C@@]2(O)C=CC(=O)C(Br)[C@@H]2C)cc1. The maximum Gasteiger partial charge on any atom is 0.169 e. The summed E-state index contributed by atoms with van der Waals surface area (Å²) in [5.41, 5.74) is -0.140. The van der Waals surface area contributed by atoms with Gasteiger partial charge in [-0.2, -0.15) is 0 Å². The second kappa shape index (κ2) is 5.92. The number of rotatable bonds is 3. The number of alkyl halides is 1. The minimum atomic E-state index is -1.31. The topological polar surface area (TPSA) is 54.4 Å². The number of carbonyl (C=O) groups is 1. The van der Waals surface area contributed by atoms with Crippen molar-refractivity contribution in [1.29, 1.82) is 0 Å². The van der Waals surface area contributed by atoms with Gasteiger partial charge in [-0.15, -0.1) is 0 Å². The van der Waals surface area contributed by atoms with Gasteiger partial charge in [0, 0.05) is 10.8 Å². The van der Waals surface area contributed by atoms with Crippen LogP contribution in [0.5, 0.6) is 0 Å². The number of allylic oxidation sites excluding steroid dienone is 1. The molecule has 1 aromatic carbocycles. The van der Waals surface area contributed by atoms with E-state index < -0.39 is 21.2 Å². The second-order valence-corrected chi connectivity index (χ2v) is 7.66. The standard InChI is InChI=1S/C15H17BrO3S/c1-10-3-5-12(6-4-10)20(19)9-15(18)8-7-13(17)14(16)11(15)2/h3-8,11,14,18H,9H2,1-2H3/t11-,14?,15-,20?/m0/s1. The fraction of sp³-hybridized carbons (Fsp3) is 0.400. The number of benzene rings is 1. The Balaban J connectivity index is 2.20. The summed E-state index contributed by atoms with van der Waals surface area (Å²) >= 11 is 3.29. The molecule has 0 fully saturated rings. The van der Waals surface area contributed by atoms with Gasteiger partial charge in [-0.25, -0.2) is 0 Å². The minimum Gasteiger partial charge on any atom is -0.384 e. The van der Waals surface area contributed by atoms with Gasteiger partial charge < -0.3 is 5.11 Å². The Morgan fingerprint density at radius 2 is 1.95 bits per heavy atom. The summed E-state index contributed by atoms with van der Waals surface area (Å²) in [4.78, 5) is 11.8. The van der Waals surface area contributed by atoms with E-state index in [4.69, 9.17) is 0 Å². The highest BCUT2D eigenvalue weighted by Crippen LogP contribution is 2.33. The Morgan fingerprint density at radius 1 is 1.35 bits per heavy atom. The van der Waals surface area contributed by atoms with Gasteiger partial charge >= 0.3 is 0 Å². The van der Waals surface area contributed by atoms with Crippen molar-refractivity contribution >= 4 is 32.5 Å². The Morgan fingerprint density at radius 3 is 2.55 bits per heavy atom. The molecule has 1 aliphatic carbocycles. The lowest BCUT2D eigenvalue weighted by atomic mass is 9.82. The van der Waals surface area contributed by atoms with E-state index in [1.54, 1.807) is 6.92 Å². The molecule has 0 radical (unpaired) electrons. The summed E-state index contributed by atoms with van der Waals surface area (Å²) < 4.78 is 12.4. The first-order valence-electron chi connectivity index (χ1n) is 6.38. The van der Waals surface area contributed by atoms with Crippen LogP contribution < -0.4 is 0 Å². The van der Waals surface area contributed by atoms with Crippen LogP contribution in [-0.4, -0.2) is 31.3 Å². The third-order valence-corrected chi connectivity index (χ3v) is 6.45. The maximum atomic E-state index is 12.4. The van der Waals surface area contributed by atoms with E-state index in [1.807, 2.05) is 31.2 Å². The van der Waals surface area contributed by atoms with E-state index in [2.05, 4.69) is 15.9 Å². The summed E-state index contributed by atoms with van der Waals surface area (Å²) in [5, 5.41) is 10.7. The van der Waals surface area contributed by atoms with E-state index in [-0.39, 0.29) is 17.5 Å². The number of carbonyl (C=O) groups excluding carboxylic acids is 1. The molecule has 3 nitrogen and oxygen atoms in total. The molecule has 0 aromatic heterocycles. The zero-order valence-electron chi connectivity index (χ0n) is 11.4. The summed E-state index contributed by atoms with van der Waals surface area (Å²) in [6, 6.07) is 7.41. The number of aryl methyl sites for hydroxylation is 1. The van der Waals surface area contributed by atoms with E-state index in [9.17, 15) is 14.1 Å². The van der Waals surface area contributed by atoms with Gasteiger partial charge in [0.25, 0.3) is 0 Å². The molecule has 4 atom stereocenters. The number of hydrogen-bond acceptors (Lipinski definition) is 3. The molecule has 108 valence electrons. The highest BCUT2D eigenvalue weighted by atomic mass is 79.9. The Bertz CT molecular complexity index is 567. The Hall–Kier alpha value is -0.780. The van der Waals surface area contributed by atoms with Crippen molar-refractivity contribution in [3.8, 4) is 0 Å². The van der Waals surface area contributed by atoms with Crippen LogP contribution in [-0.2, 0) is 15.6 Å². The minimum absolute atomic E-state index is 0.0664.